The predicted molar refractivity (Wildman–Crippen MR) is 74.5 cm³/mol. The van der Waals surface area contributed by atoms with Gasteiger partial charge in [-0.3, -0.25) is 0 Å². The molecule has 102 valence electrons. The molecule has 3 nitrogen and oxygen atoms in total. The van der Waals surface area contributed by atoms with Crippen LogP contribution in [0.5, 0.6) is 0 Å². The van der Waals surface area contributed by atoms with Gasteiger partial charge in [-0.2, -0.15) is 0 Å². The molecule has 0 aliphatic heterocycles. The van der Waals surface area contributed by atoms with Crippen LogP contribution in [-0.4, -0.2) is 16.1 Å². The molecular weight excluding hydrogens is 241 g/mol. The van der Waals surface area contributed by atoms with E-state index in [0.717, 1.165) is 29.8 Å². The van der Waals surface area contributed by atoms with E-state index in [0.29, 0.717) is 0 Å². The molecule has 0 aliphatic carbocycles. The van der Waals surface area contributed by atoms with Crippen LogP contribution in [0.1, 0.15) is 36.2 Å². The summed E-state index contributed by atoms with van der Waals surface area (Å²) in [4.78, 5) is 4.16. The summed E-state index contributed by atoms with van der Waals surface area (Å²) in [7, 11) is 1.96. The van der Waals surface area contributed by atoms with Crippen LogP contribution < -0.4 is 5.32 Å². The third kappa shape index (κ3) is 3.01. The summed E-state index contributed by atoms with van der Waals surface area (Å²) in [5.41, 5.74) is 3.09. The average molecular weight is 261 g/mol. The molecule has 4 heteroatoms. The summed E-state index contributed by atoms with van der Waals surface area (Å²) in [6.07, 6.45) is 4.63. The van der Waals surface area contributed by atoms with E-state index in [4.69, 9.17) is 0 Å². The topological polar surface area (TPSA) is 29.9 Å². The number of rotatable bonds is 5. The van der Waals surface area contributed by atoms with E-state index in [1.54, 1.807) is 12.4 Å². The van der Waals surface area contributed by atoms with Gasteiger partial charge >= 0.3 is 0 Å². The fraction of sp³-hybridized carbons (Fsp3) is 0.400. The first-order chi connectivity index (χ1) is 9.13. The molecule has 1 atom stereocenters. The van der Waals surface area contributed by atoms with Crippen LogP contribution >= 0.6 is 0 Å². The Kier molecular flexibility index (Phi) is 4.32. The van der Waals surface area contributed by atoms with Crippen molar-refractivity contribution in [2.45, 2.75) is 26.3 Å². The first-order valence-electron chi connectivity index (χ1n) is 6.59. The fourth-order valence-corrected chi connectivity index (χ4v) is 2.23. The molecule has 2 rings (SSSR count). The molecule has 0 spiro atoms. The van der Waals surface area contributed by atoms with Gasteiger partial charge in [0.1, 0.15) is 5.82 Å². The SMILES string of the molecule is CCCNC(c1cc(F)ccc1C)c1cncn1C. The van der Waals surface area contributed by atoms with Crippen LogP contribution in [0.15, 0.2) is 30.7 Å². The molecule has 1 unspecified atom stereocenters. The Bertz CT molecular complexity index is 548. The third-order valence-electron chi connectivity index (χ3n) is 3.30. The van der Waals surface area contributed by atoms with Crippen LogP contribution in [0.25, 0.3) is 0 Å². The number of hydrogen-bond acceptors (Lipinski definition) is 2. The Morgan fingerprint density at radius 1 is 1.42 bits per heavy atom. The molecule has 2 aromatic rings. The lowest BCUT2D eigenvalue weighted by atomic mass is 9.98. The molecule has 19 heavy (non-hydrogen) atoms. The molecule has 0 saturated carbocycles. The lowest BCUT2D eigenvalue weighted by Crippen LogP contribution is -2.25. The van der Waals surface area contributed by atoms with E-state index in [1.165, 1.54) is 6.07 Å². The van der Waals surface area contributed by atoms with E-state index in [2.05, 4.69) is 17.2 Å². The number of aryl methyl sites for hydroxylation is 2. The first kappa shape index (κ1) is 13.7. The average Bonchev–Trinajstić information content (AvgIpc) is 2.80. The number of halogens is 1. The van der Waals surface area contributed by atoms with Gasteiger partial charge in [0, 0.05) is 7.05 Å². The van der Waals surface area contributed by atoms with E-state index in [-0.39, 0.29) is 11.9 Å². The first-order valence-corrected chi connectivity index (χ1v) is 6.59. The summed E-state index contributed by atoms with van der Waals surface area (Å²) in [5, 5.41) is 3.47. The molecule has 0 radical (unpaired) electrons. The second kappa shape index (κ2) is 5.97. The van der Waals surface area contributed by atoms with Crippen LogP contribution in [0.3, 0.4) is 0 Å². The Balaban J connectivity index is 2.42. The predicted octanol–water partition coefficient (Wildman–Crippen LogP) is 2.96. The van der Waals surface area contributed by atoms with Gasteiger partial charge < -0.3 is 9.88 Å². The maximum atomic E-state index is 13.5. The number of hydrogen-bond donors (Lipinski definition) is 1. The van der Waals surface area contributed by atoms with Crippen LogP contribution in [-0.2, 0) is 7.05 Å². The van der Waals surface area contributed by atoms with Crippen molar-refractivity contribution in [2.75, 3.05) is 6.54 Å². The summed E-state index contributed by atoms with van der Waals surface area (Å²) in [6.45, 7) is 5.00. The van der Waals surface area contributed by atoms with Crippen molar-refractivity contribution in [3.05, 3.63) is 53.4 Å². The second-order valence-corrected chi connectivity index (χ2v) is 4.82. The molecule has 0 fully saturated rings. The van der Waals surface area contributed by atoms with Gasteiger partial charge in [0.2, 0.25) is 0 Å². The molecule has 0 aliphatic rings. The van der Waals surface area contributed by atoms with Gasteiger partial charge in [0.15, 0.2) is 0 Å². The summed E-state index contributed by atoms with van der Waals surface area (Å²) in [6, 6.07) is 4.90. The highest BCUT2D eigenvalue weighted by Gasteiger charge is 2.18. The standard InChI is InChI=1S/C15H20FN3/c1-4-7-18-15(14-9-17-10-19(14)3)13-8-12(16)6-5-11(13)2/h5-6,8-10,15,18H,4,7H2,1-3H3. The van der Waals surface area contributed by atoms with Crippen molar-refractivity contribution in [3.8, 4) is 0 Å². The summed E-state index contributed by atoms with van der Waals surface area (Å²) >= 11 is 0. The molecular formula is C15H20FN3. The molecule has 0 bridgehead atoms. The zero-order valence-corrected chi connectivity index (χ0v) is 11.7. The number of nitrogens with one attached hydrogen (secondary N) is 1. The molecule has 0 amide bonds. The zero-order valence-electron chi connectivity index (χ0n) is 11.7. The Morgan fingerprint density at radius 3 is 2.84 bits per heavy atom. The van der Waals surface area contributed by atoms with Crippen molar-refractivity contribution >= 4 is 0 Å². The van der Waals surface area contributed by atoms with Crippen LogP contribution in [0, 0.1) is 12.7 Å². The molecule has 1 N–H and O–H groups in total. The monoisotopic (exact) mass is 261 g/mol. The normalized spacial score (nSPS) is 12.6. The van der Waals surface area contributed by atoms with Gasteiger partial charge in [-0.05, 0) is 43.1 Å². The number of benzene rings is 1. The van der Waals surface area contributed by atoms with Crippen molar-refractivity contribution in [3.63, 3.8) is 0 Å². The Labute approximate surface area is 113 Å². The molecule has 1 aromatic carbocycles. The van der Waals surface area contributed by atoms with Crippen molar-refractivity contribution < 1.29 is 4.39 Å². The van der Waals surface area contributed by atoms with Gasteiger partial charge in [0.25, 0.3) is 0 Å². The van der Waals surface area contributed by atoms with Gasteiger partial charge in [-0.15, -0.1) is 0 Å². The molecule has 0 saturated heterocycles. The minimum absolute atomic E-state index is 0.0249. The zero-order chi connectivity index (χ0) is 13.8. The minimum atomic E-state index is -0.203. The number of nitrogens with zero attached hydrogens (tertiary/aromatic N) is 2. The summed E-state index contributed by atoms with van der Waals surface area (Å²) in [5.74, 6) is -0.203. The Morgan fingerprint density at radius 2 is 2.21 bits per heavy atom. The minimum Gasteiger partial charge on any atom is -0.336 e. The largest absolute Gasteiger partial charge is 0.336 e. The quantitative estimate of drug-likeness (QED) is 0.896. The lowest BCUT2D eigenvalue weighted by Gasteiger charge is -2.21. The van der Waals surface area contributed by atoms with Gasteiger partial charge in [0.05, 0.1) is 24.3 Å². The second-order valence-electron chi connectivity index (χ2n) is 4.82. The highest BCUT2D eigenvalue weighted by molar-refractivity contribution is 5.34. The Hall–Kier alpha value is -1.68. The maximum Gasteiger partial charge on any atom is 0.123 e. The fourth-order valence-electron chi connectivity index (χ4n) is 2.23. The van der Waals surface area contributed by atoms with Gasteiger partial charge in [-0.25, -0.2) is 9.37 Å². The van der Waals surface area contributed by atoms with Crippen LogP contribution in [0.4, 0.5) is 4.39 Å². The number of aromatic nitrogens is 2. The highest BCUT2D eigenvalue weighted by atomic mass is 19.1. The van der Waals surface area contributed by atoms with E-state index >= 15 is 0 Å². The third-order valence-corrected chi connectivity index (χ3v) is 3.30. The maximum absolute atomic E-state index is 13.5. The van der Waals surface area contributed by atoms with Crippen molar-refractivity contribution in [1.29, 1.82) is 0 Å². The molecule has 1 aromatic heterocycles. The molecule has 1 heterocycles. The van der Waals surface area contributed by atoms with Crippen LogP contribution in [0.2, 0.25) is 0 Å². The summed E-state index contributed by atoms with van der Waals surface area (Å²) < 4.78 is 15.5. The number of imidazole rings is 1. The van der Waals surface area contributed by atoms with Crippen molar-refractivity contribution in [2.24, 2.45) is 7.05 Å². The van der Waals surface area contributed by atoms with Crippen molar-refractivity contribution in [1.82, 2.24) is 14.9 Å². The van der Waals surface area contributed by atoms with E-state index in [9.17, 15) is 4.39 Å². The van der Waals surface area contributed by atoms with E-state index in [1.807, 2.05) is 30.8 Å². The highest BCUT2D eigenvalue weighted by Crippen LogP contribution is 2.25. The smallest absolute Gasteiger partial charge is 0.123 e. The van der Waals surface area contributed by atoms with E-state index < -0.39 is 0 Å². The van der Waals surface area contributed by atoms with Gasteiger partial charge in [-0.1, -0.05) is 13.0 Å². The lowest BCUT2D eigenvalue weighted by molar-refractivity contribution is 0.559.